The fourth-order valence-corrected chi connectivity index (χ4v) is 6.59. The molecular formula is C25H27N3O4S. The van der Waals surface area contributed by atoms with Crippen molar-refractivity contribution in [1.29, 1.82) is 0 Å². The second kappa shape index (κ2) is 8.02. The van der Waals surface area contributed by atoms with Crippen molar-refractivity contribution in [3.8, 4) is 11.5 Å². The van der Waals surface area contributed by atoms with E-state index >= 15 is 0 Å². The molecule has 33 heavy (non-hydrogen) atoms. The zero-order chi connectivity index (χ0) is 23.3. The Labute approximate surface area is 196 Å². The fraction of sp³-hybridized carbons (Fsp3) is 0.360. The molecule has 5 rings (SSSR count). The van der Waals surface area contributed by atoms with E-state index in [1.54, 1.807) is 23.8 Å². The summed E-state index contributed by atoms with van der Waals surface area (Å²) in [6.45, 7) is 4.54. The Kier molecular flexibility index (Phi) is 5.28. The Bertz CT molecular complexity index is 1250. The molecule has 0 spiro atoms. The number of nitrogens with one attached hydrogen (secondary N) is 2. The van der Waals surface area contributed by atoms with Gasteiger partial charge in [0, 0.05) is 34.0 Å². The summed E-state index contributed by atoms with van der Waals surface area (Å²) in [4.78, 5) is 31.9. The lowest BCUT2D eigenvalue weighted by molar-refractivity contribution is -0.126. The van der Waals surface area contributed by atoms with Crippen LogP contribution in [0.4, 0.5) is 0 Å². The highest BCUT2D eigenvalue weighted by molar-refractivity contribution is 8.01. The third-order valence-corrected chi connectivity index (χ3v) is 8.05. The van der Waals surface area contributed by atoms with E-state index in [1.165, 1.54) is 7.11 Å². The monoisotopic (exact) mass is 465 g/mol. The Morgan fingerprint density at radius 2 is 1.97 bits per heavy atom. The molecule has 2 aliphatic rings. The number of fused-ring (bicyclic) bond motifs is 4. The van der Waals surface area contributed by atoms with Gasteiger partial charge < -0.3 is 24.7 Å². The lowest BCUT2D eigenvalue weighted by atomic mass is 10.0. The summed E-state index contributed by atoms with van der Waals surface area (Å²) in [5, 5.41) is 4.01. The highest BCUT2D eigenvalue weighted by Gasteiger charge is 2.58. The van der Waals surface area contributed by atoms with Crippen molar-refractivity contribution in [2.45, 2.75) is 36.4 Å². The number of rotatable bonds is 6. The van der Waals surface area contributed by atoms with Gasteiger partial charge in [-0.1, -0.05) is 24.3 Å². The maximum Gasteiger partial charge on any atom is 0.260 e. The molecular weight excluding hydrogens is 438 g/mol. The zero-order valence-corrected chi connectivity index (χ0v) is 19.9. The number of methoxy groups -OCH3 is 2. The number of thioether (sulfide) groups is 1. The van der Waals surface area contributed by atoms with Crippen LogP contribution in [0.25, 0.3) is 10.9 Å². The van der Waals surface area contributed by atoms with Gasteiger partial charge in [-0.3, -0.25) is 9.59 Å². The van der Waals surface area contributed by atoms with Crippen LogP contribution in [0.1, 0.15) is 40.7 Å². The number of nitrogens with zero attached hydrogens (tertiary/aromatic N) is 1. The van der Waals surface area contributed by atoms with Crippen LogP contribution < -0.4 is 14.8 Å². The average molecular weight is 466 g/mol. The number of hydrogen-bond donors (Lipinski definition) is 2. The van der Waals surface area contributed by atoms with Crippen molar-refractivity contribution in [3.63, 3.8) is 0 Å². The third-order valence-electron chi connectivity index (χ3n) is 6.51. The molecule has 0 saturated carbocycles. The van der Waals surface area contributed by atoms with E-state index in [0.29, 0.717) is 30.0 Å². The van der Waals surface area contributed by atoms with Gasteiger partial charge in [-0.2, -0.15) is 0 Å². The molecule has 1 aromatic heterocycles. The molecule has 3 heterocycles. The highest BCUT2D eigenvalue weighted by Crippen LogP contribution is 2.58. The van der Waals surface area contributed by atoms with Gasteiger partial charge in [-0.15, -0.1) is 11.8 Å². The van der Waals surface area contributed by atoms with Gasteiger partial charge in [0.15, 0.2) is 11.5 Å². The van der Waals surface area contributed by atoms with Gasteiger partial charge in [0.2, 0.25) is 5.91 Å². The fourth-order valence-electron chi connectivity index (χ4n) is 5.01. The van der Waals surface area contributed by atoms with E-state index in [9.17, 15) is 9.59 Å². The van der Waals surface area contributed by atoms with E-state index in [1.807, 2.05) is 50.4 Å². The Hall–Kier alpha value is -3.13. The van der Waals surface area contributed by atoms with Crippen LogP contribution >= 0.6 is 11.8 Å². The predicted molar refractivity (Wildman–Crippen MR) is 129 cm³/mol. The Morgan fingerprint density at radius 1 is 1.18 bits per heavy atom. The van der Waals surface area contributed by atoms with Gasteiger partial charge in [0.05, 0.1) is 19.8 Å². The molecule has 0 radical (unpaired) electrons. The van der Waals surface area contributed by atoms with Crippen LogP contribution in [0.5, 0.6) is 11.5 Å². The number of carbonyl (C=O) groups is 2. The smallest absolute Gasteiger partial charge is 0.260 e. The van der Waals surface area contributed by atoms with Gasteiger partial charge in [0.1, 0.15) is 11.4 Å². The minimum atomic E-state index is -0.592. The summed E-state index contributed by atoms with van der Waals surface area (Å²) < 4.78 is 10.5. The first kappa shape index (κ1) is 21.7. The Morgan fingerprint density at radius 3 is 2.73 bits per heavy atom. The number of H-pyrrole nitrogens is 1. The van der Waals surface area contributed by atoms with Crippen molar-refractivity contribution < 1.29 is 19.1 Å². The standard InChI is InChI=1S/C25H27N3O4S/c1-25(2)21(22(29)26-12-11-14-13-27-17-8-6-5-7-15(14)17)28-23(30)19-16(24(28)33-25)9-10-18(31-3)20(19)32-4/h5-10,13,21,24,27H,11-12H2,1-4H3,(H,26,29)/t21-,24+/m1/s1. The van der Waals surface area contributed by atoms with Gasteiger partial charge in [0.25, 0.3) is 5.91 Å². The number of ether oxygens (including phenoxy) is 2. The number of amides is 2. The zero-order valence-electron chi connectivity index (χ0n) is 19.1. The molecule has 8 heteroatoms. The van der Waals surface area contributed by atoms with Crippen LogP contribution in [0.3, 0.4) is 0 Å². The first-order valence-electron chi connectivity index (χ1n) is 11.0. The maximum atomic E-state index is 13.5. The van der Waals surface area contributed by atoms with Crippen LogP contribution in [0.15, 0.2) is 42.6 Å². The van der Waals surface area contributed by atoms with Crippen LogP contribution in [0.2, 0.25) is 0 Å². The van der Waals surface area contributed by atoms with Crippen molar-refractivity contribution >= 4 is 34.5 Å². The summed E-state index contributed by atoms with van der Waals surface area (Å²) in [5.74, 6) is 0.601. The minimum Gasteiger partial charge on any atom is -0.493 e. The quantitative estimate of drug-likeness (QED) is 0.577. The van der Waals surface area contributed by atoms with E-state index in [0.717, 1.165) is 22.0 Å². The lowest BCUT2D eigenvalue weighted by Crippen LogP contribution is -2.52. The second-order valence-electron chi connectivity index (χ2n) is 8.85. The molecule has 0 aliphatic carbocycles. The van der Waals surface area contributed by atoms with E-state index in [-0.39, 0.29) is 17.2 Å². The van der Waals surface area contributed by atoms with E-state index in [4.69, 9.17) is 9.47 Å². The SMILES string of the molecule is COc1ccc2c(c1OC)C(=O)N1[C@H]2SC(C)(C)[C@H]1C(=O)NCCc1c[nH]c2ccccc12. The van der Waals surface area contributed by atoms with Crippen molar-refractivity contribution in [2.24, 2.45) is 0 Å². The topological polar surface area (TPSA) is 83.7 Å². The summed E-state index contributed by atoms with van der Waals surface area (Å²) in [6, 6.07) is 11.2. The highest BCUT2D eigenvalue weighted by atomic mass is 32.2. The van der Waals surface area contributed by atoms with Gasteiger partial charge >= 0.3 is 0 Å². The molecule has 2 N–H and O–H groups in total. The normalized spacial score (nSPS) is 20.6. The van der Waals surface area contributed by atoms with Crippen molar-refractivity contribution in [1.82, 2.24) is 15.2 Å². The lowest BCUT2D eigenvalue weighted by Gasteiger charge is -2.29. The molecule has 7 nitrogen and oxygen atoms in total. The number of carbonyl (C=O) groups excluding carboxylic acids is 2. The van der Waals surface area contributed by atoms with Crippen molar-refractivity contribution in [2.75, 3.05) is 20.8 Å². The third kappa shape index (κ3) is 3.35. The van der Waals surface area contributed by atoms with Crippen molar-refractivity contribution in [3.05, 3.63) is 59.3 Å². The molecule has 1 fully saturated rings. The first-order chi connectivity index (χ1) is 15.9. The number of hydrogen-bond acceptors (Lipinski definition) is 5. The molecule has 2 aliphatic heterocycles. The average Bonchev–Trinajstić information content (AvgIpc) is 3.42. The molecule has 0 bridgehead atoms. The minimum absolute atomic E-state index is 0.137. The summed E-state index contributed by atoms with van der Waals surface area (Å²) in [7, 11) is 3.08. The summed E-state index contributed by atoms with van der Waals surface area (Å²) in [5.41, 5.74) is 3.59. The second-order valence-corrected chi connectivity index (χ2v) is 10.6. The molecule has 1 saturated heterocycles. The molecule has 172 valence electrons. The summed E-state index contributed by atoms with van der Waals surface area (Å²) in [6.07, 6.45) is 2.70. The largest absolute Gasteiger partial charge is 0.493 e. The van der Waals surface area contributed by atoms with Gasteiger partial charge in [-0.25, -0.2) is 0 Å². The number of para-hydroxylation sites is 1. The summed E-state index contributed by atoms with van der Waals surface area (Å²) >= 11 is 1.63. The number of aromatic nitrogens is 1. The van der Waals surface area contributed by atoms with E-state index < -0.39 is 10.8 Å². The predicted octanol–water partition coefficient (Wildman–Crippen LogP) is 3.89. The maximum absolute atomic E-state index is 13.5. The molecule has 3 aromatic rings. The Balaban J connectivity index is 1.37. The van der Waals surface area contributed by atoms with Crippen LogP contribution in [0, 0.1) is 0 Å². The van der Waals surface area contributed by atoms with Crippen LogP contribution in [-0.4, -0.2) is 53.3 Å². The van der Waals surface area contributed by atoms with Gasteiger partial charge in [-0.05, 0) is 38.0 Å². The molecule has 2 aromatic carbocycles. The molecule has 0 unspecified atom stereocenters. The number of aromatic amines is 1. The first-order valence-corrected chi connectivity index (χ1v) is 11.8. The van der Waals surface area contributed by atoms with E-state index in [2.05, 4.69) is 16.4 Å². The molecule has 2 atom stereocenters. The van der Waals surface area contributed by atoms with Crippen LogP contribution in [-0.2, 0) is 11.2 Å². The molecule has 2 amide bonds. The number of benzene rings is 2.